The zero-order valence-electron chi connectivity index (χ0n) is 14.9. The third-order valence-corrected chi connectivity index (χ3v) is 4.96. The van der Waals surface area contributed by atoms with Gasteiger partial charge in [-0.15, -0.1) is 0 Å². The molecule has 1 rings (SSSR count). The van der Waals surface area contributed by atoms with Gasteiger partial charge in [-0.2, -0.15) is 0 Å². The van der Waals surface area contributed by atoms with E-state index in [1.54, 1.807) is 6.92 Å². The lowest BCUT2D eigenvalue weighted by Crippen LogP contribution is -2.27. The van der Waals surface area contributed by atoms with Crippen LogP contribution in [0.2, 0.25) is 0 Å². The first-order valence-electron chi connectivity index (χ1n) is 9.51. The second kappa shape index (κ2) is 11.5. The van der Waals surface area contributed by atoms with Crippen molar-refractivity contribution in [2.45, 2.75) is 97.0 Å². The smallest absolute Gasteiger partial charge is 0.311 e. The fraction of sp³-hybridized carbons (Fsp3) is 0.895. The Morgan fingerprint density at radius 1 is 0.957 bits per heavy atom. The topological polar surface area (TPSA) is 63.6 Å². The van der Waals surface area contributed by atoms with Crippen LogP contribution in [-0.2, 0) is 14.3 Å². The Morgan fingerprint density at radius 3 is 1.91 bits per heavy atom. The van der Waals surface area contributed by atoms with Crippen molar-refractivity contribution in [3.8, 4) is 0 Å². The maximum absolute atomic E-state index is 11.5. The molecule has 4 nitrogen and oxygen atoms in total. The van der Waals surface area contributed by atoms with Crippen LogP contribution in [-0.4, -0.2) is 23.1 Å². The predicted molar refractivity (Wildman–Crippen MR) is 91.2 cm³/mol. The highest BCUT2D eigenvalue weighted by molar-refractivity contribution is 5.84. The number of hydrogen-bond acceptors (Lipinski definition) is 3. The van der Waals surface area contributed by atoms with Crippen molar-refractivity contribution in [3.63, 3.8) is 0 Å². The van der Waals surface area contributed by atoms with E-state index < -0.39 is 23.9 Å². The molecule has 1 heterocycles. The number of unbranched alkanes of at least 4 members (excludes halogenated alkanes) is 10. The van der Waals surface area contributed by atoms with E-state index in [4.69, 9.17) is 4.74 Å². The van der Waals surface area contributed by atoms with Crippen molar-refractivity contribution in [3.05, 3.63) is 0 Å². The van der Waals surface area contributed by atoms with E-state index in [0.29, 0.717) is 6.42 Å². The van der Waals surface area contributed by atoms with Crippen LogP contribution < -0.4 is 0 Å². The normalized spacial score (nSPS) is 23.9. The molecule has 0 saturated carbocycles. The second-order valence-corrected chi connectivity index (χ2v) is 6.95. The summed E-state index contributed by atoms with van der Waals surface area (Å²) >= 11 is 0. The average molecular weight is 326 g/mol. The number of carboxylic acids is 1. The maximum Gasteiger partial charge on any atom is 0.311 e. The number of ether oxygens (including phenoxy) is 1. The standard InChI is InChI=1S/C19H34O4/c1-3-4-5-6-7-8-9-10-11-12-13-14-16-17(18(20)21)15(2)19(22)23-16/h15-17H,3-14H2,1-2H3,(H,20,21)/t15?,16-,17+/m1/s1. The van der Waals surface area contributed by atoms with Crippen molar-refractivity contribution in [1.29, 1.82) is 0 Å². The van der Waals surface area contributed by atoms with E-state index in [2.05, 4.69) is 6.92 Å². The Bertz CT molecular complexity index is 353. The number of carboxylic acid groups (broad SMARTS) is 1. The van der Waals surface area contributed by atoms with Crippen LogP contribution >= 0.6 is 0 Å². The van der Waals surface area contributed by atoms with Crippen molar-refractivity contribution in [2.75, 3.05) is 0 Å². The van der Waals surface area contributed by atoms with Gasteiger partial charge in [-0.25, -0.2) is 0 Å². The Kier molecular flexibility index (Phi) is 9.97. The lowest BCUT2D eigenvalue weighted by atomic mass is 9.89. The van der Waals surface area contributed by atoms with Gasteiger partial charge in [0.1, 0.15) is 12.0 Å². The molecule has 1 N–H and O–H groups in total. The van der Waals surface area contributed by atoms with E-state index in [9.17, 15) is 14.7 Å². The number of aliphatic carboxylic acids is 1. The average Bonchev–Trinajstić information content (AvgIpc) is 2.79. The monoisotopic (exact) mass is 326 g/mol. The predicted octanol–water partition coefficient (Wildman–Crippen LogP) is 4.95. The molecule has 0 amide bonds. The largest absolute Gasteiger partial charge is 0.481 e. The molecule has 3 atom stereocenters. The summed E-state index contributed by atoms with van der Waals surface area (Å²) in [6, 6.07) is 0. The highest BCUT2D eigenvalue weighted by Crippen LogP contribution is 2.31. The van der Waals surface area contributed by atoms with Crippen LogP contribution in [0, 0.1) is 11.8 Å². The SMILES string of the molecule is CCCCCCCCCCCCC[C@H]1OC(=O)C(C)[C@@H]1C(=O)O. The lowest BCUT2D eigenvalue weighted by Gasteiger charge is -2.15. The number of carbonyl (C=O) groups is 2. The van der Waals surface area contributed by atoms with E-state index >= 15 is 0 Å². The Hall–Kier alpha value is -1.06. The quantitative estimate of drug-likeness (QED) is 0.384. The summed E-state index contributed by atoms with van der Waals surface area (Å²) in [4.78, 5) is 22.8. The van der Waals surface area contributed by atoms with Crippen LogP contribution in [0.3, 0.4) is 0 Å². The molecule has 0 radical (unpaired) electrons. The molecule has 1 fully saturated rings. The Balaban J connectivity index is 2.00. The van der Waals surface area contributed by atoms with Crippen LogP contribution in [0.4, 0.5) is 0 Å². The highest BCUT2D eigenvalue weighted by Gasteiger charge is 2.45. The van der Waals surface area contributed by atoms with Gasteiger partial charge in [0, 0.05) is 0 Å². The van der Waals surface area contributed by atoms with Gasteiger partial charge in [-0.05, 0) is 12.8 Å². The zero-order valence-corrected chi connectivity index (χ0v) is 14.9. The van der Waals surface area contributed by atoms with Gasteiger partial charge in [-0.1, -0.05) is 78.1 Å². The van der Waals surface area contributed by atoms with Crippen LogP contribution in [0.1, 0.15) is 90.9 Å². The Morgan fingerprint density at radius 2 is 1.43 bits per heavy atom. The van der Waals surface area contributed by atoms with Crippen LogP contribution in [0.25, 0.3) is 0 Å². The first kappa shape index (κ1) is 20.0. The first-order chi connectivity index (χ1) is 11.1. The van der Waals surface area contributed by atoms with E-state index in [1.807, 2.05) is 0 Å². The number of carbonyl (C=O) groups excluding carboxylic acids is 1. The summed E-state index contributed by atoms with van der Waals surface area (Å²) in [6.45, 7) is 3.90. The van der Waals surface area contributed by atoms with E-state index in [0.717, 1.165) is 12.8 Å². The first-order valence-corrected chi connectivity index (χ1v) is 9.51. The summed E-state index contributed by atoms with van der Waals surface area (Å²) in [6.07, 6.45) is 14.2. The fourth-order valence-corrected chi connectivity index (χ4v) is 3.42. The minimum absolute atomic E-state index is 0.356. The third kappa shape index (κ3) is 7.36. The van der Waals surface area contributed by atoms with Crippen molar-refractivity contribution in [2.24, 2.45) is 11.8 Å². The molecular weight excluding hydrogens is 292 g/mol. The molecule has 1 aliphatic heterocycles. The third-order valence-electron chi connectivity index (χ3n) is 4.96. The van der Waals surface area contributed by atoms with Crippen LogP contribution in [0.5, 0.6) is 0 Å². The van der Waals surface area contributed by atoms with Crippen molar-refractivity contribution in [1.82, 2.24) is 0 Å². The minimum atomic E-state index is -0.906. The molecule has 0 aromatic heterocycles. The van der Waals surface area contributed by atoms with Crippen LogP contribution in [0.15, 0.2) is 0 Å². The number of rotatable bonds is 13. The number of hydrogen-bond donors (Lipinski definition) is 1. The van der Waals surface area contributed by atoms with Gasteiger partial charge in [0.25, 0.3) is 0 Å². The minimum Gasteiger partial charge on any atom is -0.481 e. The summed E-state index contributed by atoms with van der Waals surface area (Å²) in [5.74, 6) is -2.43. The fourth-order valence-electron chi connectivity index (χ4n) is 3.42. The molecule has 1 unspecified atom stereocenters. The molecule has 0 aromatic rings. The van der Waals surface area contributed by atoms with Crippen molar-refractivity contribution < 1.29 is 19.4 Å². The highest BCUT2D eigenvalue weighted by atomic mass is 16.6. The molecule has 134 valence electrons. The molecular formula is C19H34O4. The van der Waals surface area contributed by atoms with Crippen molar-refractivity contribution >= 4 is 11.9 Å². The lowest BCUT2D eigenvalue weighted by molar-refractivity contribution is -0.144. The number of cyclic esters (lactones) is 1. The molecule has 1 aliphatic rings. The van der Waals surface area contributed by atoms with E-state index in [1.165, 1.54) is 57.8 Å². The Labute approximate surface area is 141 Å². The number of esters is 1. The summed E-state index contributed by atoms with van der Waals surface area (Å²) in [5.41, 5.74) is 0. The van der Waals surface area contributed by atoms with Gasteiger partial charge < -0.3 is 9.84 Å². The molecule has 4 heteroatoms. The molecule has 0 aromatic carbocycles. The van der Waals surface area contributed by atoms with Gasteiger partial charge in [-0.3, -0.25) is 9.59 Å². The summed E-state index contributed by atoms with van der Waals surface area (Å²) in [5, 5.41) is 9.22. The van der Waals surface area contributed by atoms with Gasteiger partial charge in [0.05, 0.1) is 5.92 Å². The zero-order chi connectivity index (χ0) is 17.1. The summed E-state index contributed by atoms with van der Waals surface area (Å²) in [7, 11) is 0. The van der Waals surface area contributed by atoms with E-state index in [-0.39, 0.29) is 5.97 Å². The van der Waals surface area contributed by atoms with Gasteiger partial charge in [0.2, 0.25) is 0 Å². The molecule has 1 saturated heterocycles. The molecule has 0 bridgehead atoms. The van der Waals surface area contributed by atoms with Gasteiger partial charge >= 0.3 is 11.9 Å². The van der Waals surface area contributed by atoms with Gasteiger partial charge in [0.15, 0.2) is 0 Å². The molecule has 0 spiro atoms. The molecule has 0 aliphatic carbocycles. The molecule has 23 heavy (non-hydrogen) atoms. The second-order valence-electron chi connectivity index (χ2n) is 6.95. The summed E-state index contributed by atoms with van der Waals surface area (Å²) < 4.78 is 5.22. The maximum atomic E-state index is 11.5.